The van der Waals surface area contributed by atoms with Gasteiger partial charge in [-0.2, -0.15) is 0 Å². The molecule has 0 saturated heterocycles. The molecule has 5 aliphatic rings. The first-order chi connectivity index (χ1) is 16.6. The van der Waals surface area contributed by atoms with Crippen molar-refractivity contribution in [3.05, 3.63) is 46.3 Å². The summed E-state index contributed by atoms with van der Waals surface area (Å²) in [6.45, 7) is 12.1. The number of aliphatic hydroxyl groups excluding tert-OH is 2. The smallest absolute Gasteiger partial charge is 0.319 e. The van der Waals surface area contributed by atoms with Gasteiger partial charge in [-0.3, -0.25) is 14.4 Å². The molecule has 6 heteroatoms. The largest absolute Gasteiger partial charge is 0.504 e. The van der Waals surface area contributed by atoms with Gasteiger partial charge in [0.05, 0.1) is 13.2 Å². The predicted octanol–water partition coefficient (Wildman–Crippen LogP) is 4.94. The van der Waals surface area contributed by atoms with Gasteiger partial charge in [-0.15, -0.1) is 0 Å². The number of allylic oxidation sites excluding steroid dienone is 6. The standard InChI is InChI=1S/C30H38O6/c1-16-17-8-9-20-27(3,18(17)12-19(31)24(16)34)10-11-29(5)21-13-28(4,25(35)36-7)22(32)14-26(21,2)15-23(33)30(20,29)6/h8-9,12,21,23,33-34H,10-11,13-15H2,1-7H3/t21-,23+,26-,27+,28-,29+,30+/m1/s1. The van der Waals surface area contributed by atoms with Crippen molar-refractivity contribution in [3.63, 3.8) is 0 Å². The Morgan fingerprint density at radius 1 is 1.06 bits per heavy atom. The van der Waals surface area contributed by atoms with Crippen LogP contribution in [0.1, 0.15) is 73.6 Å². The van der Waals surface area contributed by atoms with Gasteiger partial charge >= 0.3 is 5.97 Å². The highest BCUT2D eigenvalue weighted by Crippen LogP contribution is 2.75. The zero-order chi connectivity index (χ0) is 26.6. The SMILES string of the molecule is COC(=O)[C@]1(C)C[C@@H]2[C@](C)(CC1=O)C[C@H](O)[C@]1(C)C3=CC=C4C(=CC(=O)C(O)=C4C)[C@]3(C)CC[C@@]21C. The minimum atomic E-state index is -1.20. The Bertz CT molecular complexity index is 1230. The molecular formula is C30H38O6. The van der Waals surface area contributed by atoms with Crippen LogP contribution >= 0.6 is 0 Å². The Balaban J connectivity index is 1.68. The lowest BCUT2D eigenvalue weighted by molar-refractivity contribution is -0.211. The van der Waals surface area contributed by atoms with E-state index in [4.69, 9.17) is 4.74 Å². The summed E-state index contributed by atoms with van der Waals surface area (Å²) < 4.78 is 5.09. The predicted molar refractivity (Wildman–Crippen MR) is 135 cm³/mol. The summed E-state index contributed by atoms with van der Waals surface area (Å²) in [4.78, 5) is 38.8. The molecule has 194 valence electrons. The van der Waals surface area contributed by atoms with E-state index in [0.717, 1.165) is 29.6 Å². The molecule has 0 radical (unpaired) electrons. The van der Waals surface area contributed by atoms with Crippen LogP contribution < -0.4 is 0 Å². The van der Waals surface area contributed by atoms with Crippen molar-refractivity contribution in [2.75, 3.05) is 7.11 Å². The van der Waals surface area contributed by atoms with Gasteiger partial charge in [-0.25, -0.2) is 0 Å². The van der Waals surface area contributed by atoms with Crippen molar-refractivity contribution in [2.24, 2.45) is 33.0 Å². The highest BCUT2D eigenvalue weighted by molar-refractivity contribution is 6.06. The number of carbonyl (C=O) groups excluding carboxylic acids is 3. The lowest BCUT2D eigenvalue weighted by Gasteiger charge is -2.70. The molecule has 5 aliphatic carbocycles. The van der Waals surface area contributed by atoms with Crippen LogP contribution in [0, 0.1) is 33.0 Å². The summed E-state index contributed by atoms with van der Waals surface area (Å²) in [5.74, 6) is -1.16. The van der Waals surface area contributed by atoms with Crippen LogP contribution in [0.2, 0.25) is 0 Å². The molecule has 36 heavy (non-hydrogen) atoms. The van der Waals surface area contributed by atoms with Crippen LogP contribution in [-0.4, -0.2) is 41.0 Å². The topological polar surface area (TPSA) is 101 Å². The number of methoxy groups -OCH3 is 1. The number of hydrogen-bond donors (Lipinski definition) is 2. The number of ether oxygens (including phenoxy) is 1. The highest BCUT2D eigenvalue weighted by atomic mass is 16.5. The second-order valence-electron chi connectivity index (χ2n) is 13.1. The van der Waals surface area contributed by atoms with Crippen LogP contribution in [0.3, 0.4) is 0 Å². The fourth-order valence-corrected chi connectivity index (χ4v) is 8.88. The van der Waals surface area contributed by atoms with Crippen molar-refractivity contribution in [2.45, 2.75) is 79.8 Å². The van der Waals surface area contributed by atoms with Crippen molar-refractivity contribution < 1.29 is 29.3 Å². The van der Waals surface area contributed by atoms with E-state index >= 15 is 0 Å². The quantitative estimate of drug-likeness (QED) is 0.396. The van der Waals surface area contributed by atoms with E-state index in [1.54, 1.807) is 19.9 Å². The zero-order valence-electron chi connectivity index (χ0n) is 22.4. The molecule has 3 fully saturated rings. The molecule has 5 rings (SSSR count). The number of Topliss-reactive ketones (excluding diaryl/α,β-unsaturated/α-hetero) is 1. The second kappa shape index (κ2) is 7.31. The summed E-state index contributed by atoms with van der Waals surface area (Å²) in [5, 5.41) is 22.2. The molecule has 6 nitrogen and oxygen atoms in total. The number of carbonyl (C=O) groups is 3. The van der Waals surface area contributed by atoms with E-state index in [1.165, 1.54) is 7.11 Å². The van der Waals surface area contributed by atoms with Gasteiger partial charge < -0.3 is 14.9 Å². The molecule has 2 N–H and O–H groups in total. The van der Waals surface area contributed by atoms with Gasteiger partial charge in [0.2, 0.25) is 5.78 Å². The summed E-state index contributed by atoms with van der Waals surface area (Å²) in [7, 11) is 1.33. The monoisotopic (exact) mass is 494 g/mol. The molecule has 0 heterocycles. The first-order valence-corrected chi connectivity index (χ1v) is 13.0. The molecule has 0 bridgehead atoms. The van der Waals surface area contributed by atoms with Gasteiger partial charge in [0.25, 0.3) is 0 Å². The fraction of sp³-hybridized carbons (Fsp3) is 0.633. The van der Waals surface area contributed by atoms with Crippen molar-refractivity contribution >= 4 is 17.5 Å². The molecule has 0 unspecified atom stereocenters. The Hall–Kier alpha value is -2.47. The van der Waals surface area contributed by atoms with E-state index in [0.29, 0.717) is 18.4 Å². The lowest BCUT2D eigenvalue weighted by Crippen LogP contribution is -2.68. The van der Waals surface area contributed by atoms with E-state index in [2.05, 4.69) is 33.8 Å². The molecule has 0 amide bonds. The van der Waals surface area contributed by atoms with E-state index in [9.17, 15) is 24.6 Å². The maximum Gasteiger partial charge on any atom is 0.319 e. The number of rotatable bonds is 1. The first-order valence-electron chi connectivity index (χ1n) is 13.0. The molecule has 0 aliphatic heterocycles. The molecule has 7 atom stereocenters. The van der Waals surface area contributed by atoms with Crippen LogP contribution in [0.15, 0.2) is 46.3 Å². The van der Waals surface area contributed by atoms with Crippen molar-refractivity contribution in [1.29, 1.82) is 0 Å². The maximum absolute atomic E-state index is 13.3. The van der Waals surface area contributed by atoms with Gasteiger partial charge in [-0.05, 0) is 73.5 Å². The fourth-order valence-electron chi connectivity index (χ4n) is 8.88. The second-order valence-corrected chi connectivity index (χ2v) is 13.1. The van der Waals surface area contributed by atoms with Gasteiger partial charge in [-0.1, -0.05) is 45.4 Å². The minimum Gasteiger partial charge on any atom is -0.504 e. The summed E-state index contributed by atoms with van der Waals surface area (Å²) in [5.41, 5.74) is 0.343. The minimum absolute atomic E-state index is 0.0173. The summed E-state index contributed by atoms with van der Waals surface area (Å²) in [6, 6.07) is 0. The van der Waals surface area contributed by atoms with Crippen molar-refractivity contribution in [3.8, 4) is 0 Å². The van der Waals surface area contributed by atoms with Crippen LogP contribution in [0.5, 0.6) is 0 Å². The zero-order valence-corrected chi connectivity index (χ0v) is 22.4. The molecule has 0 aromatic heterocycles. The number of esters is 1. The first kappa shape index (κ1) is 25.2. The molecule has 0 spiro atoms. The third-order valence-electron chi connectivity index (χ3n) is 11.4. The molecule has 3 saturated carbocycles. The van der Waals surface area contributed by atoms with Crippen molar-refractivity contribution in [1.82, 2.24) is 0 Å². The summed E-state index contributed by atoms with van der Waals surface area (Å²) >= 11 is 0. The van der Waals surface area contributed by atoms with Gasteiger partial charge in [0.15, 0.2) is 5.76 Å². The Kier molecular flexibility index (Phi) is 5.11. The number of fused-ring (bicyclic) bond motifs is 7. The number of aliphatic hydroxyl groups is 2. The number of ketones is 2. The highest BCUT2D eigenvalue weighted by Gasteiger charge is 2.71. The van der Waals surface area contributed by atoms with E-state index < -0.39 is 39.1 Å². The van der Waals surface area contributed by atoms with Gasteiger partial charge in [0.1, 0.15) is 11.2 Å². The Labute approximate surface area is 213 Å². The average Bonchev–Trinajstić information content (AvgIpc) is 2.81. The molecular weight excluding hydrogens is 456 g/mol. The summed E-state index contributed by atoms with van der Waals surface area (Å²) in [6.07, 6.45) is 7.59. The van der Waals surface area contributed by atoms with E-state index in [-0.39, 0.29) is 29.7 Å². The van der Waals surface area contributed by atoms with Crippen LogP contribution in [0.25, 0.3) is 0 Å². The van der Waals surface area contributed by atoms with Crippen LogP contribution in [-0.2, 0) is 19.1 Å². The van der Waals surface area contributed by atoms with E-state index in [1.807, 2.05) is 6.08 Å². The third-order valence-corrected chi connectivity index (χ3v) is 11.4. The third kappa shape index (κ3) is 2.74. The van der Waals surface area contributed by atoms with Gasteiger partial charge in [0, 0.05) is 22.8 Å². The molecule has 0 aromatic rings. The maximum atomic E-state index is 13.3. The average molecular weight is 495 g/mol. The lowest BCUT2D eigenvalue weighted by atomic mass is 9.33. The normalized spacial score (nSPS) is 45.9. The Morgan fingerprint density at radius 3 is 2.36 bits per heavy atom. The Morgan fingerprint density at radius 2 is 1.72 bits per heavy atom. The molecule has 0 aromatic carbocycles. The number of hydrogen-bond acceptors (Lipinski definition) is 6. The van der Waals surface area contributed by atoms with Crippen LogP contribution in [0.4, 0.5) is 0 Å².